The molecular weight excluding hydrogens is 262 g/mol. The molecule has 0 aliphatic heterocycles. The van der Waals surface area contributed by atoms with Gasteiger partial charge in [-0.25, -0.2) is 19.2 Å². The Morgan fingerprint density at radius 1 is 1.59 bits per heavy atom. The van der Waals surface area contributed by atoms with Crippen LogP contribution in [-0.2, 0) is 15.6 Å². The summed E-state index contributed by atoms with van der Waals surface area (Å²) in [6.07, 6.45) is 3.13. The van der Waals surface area contributed by atoms with Gasteiger partial charge >= 0.3 is 0 Å². The Balaban J connectivity index is 2.34. The zero-order valence-electron chi connectivity index (χ0n) is 9.26. The lowest BCUT2D eigenvalue weighted by Crippen LogP contribution is -2.30. The van der Waals surface area contributed by atoms with Crippen LogP contribution in [0.1, 0.15) is 39.1 Å². The topological polar surface area (TPSA) is 102 Å². The van der Waals surface area contributed by atoms with E-state index in [1.54, 1.807) is 0 Å². The Morgan fingerprint density at radius 2 is 2.24 bits per heavy atom. The van der Waals surface area contributed by atoms with Crippen molar-refractivity contribution in [3.8, 4) is 0 Å². The molecule has 1 amide bonds. The highest BCUT2D eigenvalue weighted by molar-refractivity contribution is 7.90. The average Bonchev–Trinajstić information content (AvgIpc) is 2.98. The molecule has 3 N–H and O–H groups in total. The largest absolute Gasteiger partial charge is 0.289 e. The molecule has 8 heteroatoms. The summed E-state index contributed by atoms with van der Waals surface area (Å²) in [7, 11) is -3.13. The monoisotopic (exact) mass is 275 g/mol. The van der Waals surface area contributed by atoms with Crippen LogP contribution in [0.3, 0.4) is 0 Å². The van der Waals surface area contributed by atoms with Gasteiger partial charge in [0.1, 0.15) is 15.6 Å². The molecule has 0 aromatic carbocycles. The van der Waals surface area contributed by atoms with Crippen molar-refractivity contribution in [2.45, 2.75) is 24.5 Å². The molecule has 1 aliphatic rings. The van der Waals surface area contributed by atoms with Crippen LogP contribution in [0, 0.1) is 0 Å². The molecule has 0 bridgehead atoms. The van der Waals surface area contributed by atoms with Gasteiger partial charge in [0.2, 0.25) is 0 Å². The summed E-state index contributed by atoms with van der Waals surface area (Å²) >= 11 is 1.11. The van der Waals surface area contributed by atoms with Gasteiger partial charge in [-0.05, 0) is 12.8 Å². The van der Waals surface area contributed by atoms with Crippen LogP contribution >= 0.6 is 11.3 Å². The summed E-state index contributed by atoms with van der Waals surface area (Å²) in [6, 6.07) is 0. The third-order valence-electron chi connectivity index (χ3n) is 2.38. The third kappa shape index (κ3) is 3.02. The number of nitrogens with zero attached hydrogens (tertiary/aromatic N) is 1. The fourth-order valence-corrected chi connectivity index (χ4v) is 3.76. The number of nitrogens with one attached hydrogen (secondary N) is 1. The van der Waals surface area contributed by atoms with E-state index >= 15 is 0 Å². The number of hydrazine groups is 1. The first-order chi connectivity index (χ1) is 7.90. The van der Waals surface area contributed by atoms with Crippen molar-refractivity contribution >= 4 is 27.1 Å². The van der Waals surface area contributed by atoms with Crippen molar-refractivity contribution in [2.24, 2.45) is 5.84 Å². The molecule has 0 atom stereocenters. The number of nitrogen functional groups attached to an aromatic ring is 1. The lowest BCUT2D eigenvalue weighted by atomic mass is 10.2. The molecular formula is C9H13N3O3S2. The second kappa shape index (κ2) is 4.35. The predicted octanol–water partition coefficient (Wildman–Crippen LogP) is 0.169. The zero-order valence-corrected chi connectivity index (χ0v) is 10.9. The van der Waals surface area contributed by atoms with Crippen molar-refractivity contribution in [2.75, 3.05) is 6.26 Å². The summed E-state index contributed by atoms with van der Waals surface area (Å²) in [5.74, 6) is 4.85. The van der Waals surface area contributed by atoms with E-state index < -0.39 is 15.7 Å². The van der Waals surface area contributed by atoms with Gasteiger partial charge in [0.25, 0.3) is 5.91 Å². The number of carbonyl (C=O) groups is 1. The van der Waals surface area contributed by atoms with Gasteiger partial charge in [0.05, 0.1) is 5.69 Å². The SMILES string of the molecule is CS(=O)(=O)Cc1nc(C2CC2)c(C(=O)NN)s1. The molecule has 17 heavy (non-hydrogen) atoms. The number of hydrogen-bond donors (Lipinski definition) is 2. The molecule has 1 aliphatic carbocycles. The molecule has 94 valence electrons. The first kappa shape index (κ1) is 12.5. The molecule has 1 aromatic rings. The van der Waals surface area contributed by atoms with Gasteiger partial charge in [0, 0.05) is 12.2 Å². The number of carbonyl (C=O) groups excluding carboxylic acids is 1. The Morgan fingerprint density at radius 3 is 2.71 bits per heavy atom. The average molecular weight is 275 g/mol. The normalized spacial score (nSPS) is 15.9. The molecule has 1 saturated carbocycles. The van der Waals surface area contributed by atoms with Crippen LogP contribution in [0.25, 0.3) is 0 Å². The lowest BCUT2D eigenvalue weighted by molar-refractivity contribution is 0.0956. The van der Waals surface area contributed by atoms with Crippen molar-refractivity contribution in [3.05, 3.63) is 15.6 Å². The van der Waals surface area contributed by atoms with Crippen LogP contribution in [0.2, 0.25) is 0 Å². The van der Waals surface area contributed by atoms with Gasteiger partial charge in [-0.15, -0.1) is 11.3 Å². The smallest absolute Gasteiger partial charge is 0.277 e. The Hall–Kier alpha value is -0.990. The van der Waals surface area contributed by atoms with Crippen LogP contribution in [0.5, 0.6) is 0 Å². The maximum atomic E-state index is 11.5. The highest BCUT2D eigenvalue weighted by Crippen LogP contribution is 2.42. The van der Waals surface area contributed by atoms with Gasteiger partial charge in [-0.3, -0.25) is 10.2 Å². The van der Waals surface area contributed by atoms with Gasteiger partial charge in [-0.1, -0.05) is 0 Å². The van der Waals surface area contributed by atoms with Crippen LogP contribution in [0.15, 0.2) is 0 Å². The summed E-state index contributed by atoms with van der Waals surface area (Å²) in [5, 5.41) is 0.452. The summed E-state index contributed by atoms with van der Waals surface area (Å²) in [6.45, 7) is 0. The second-order valence-corrected chi connectivity index (χ2v) is 7.36. The first-order valence-electron chi connectivity index (χ1n) is 5.09. The maximum Gasteiger partial charge on any atom is 0.277 e. The molecule has 0 radical (unpaired) electrons. The van der Waals surface area contributed by atoms with Crippen molar-refractivity contribution in [1.82, 2.24) is 10.4 Å². The highest BCUT2D eigenvalue weighted by Gasteiger charge is 2.32. The van der Waals surface area contributed by atoms with Crippen molar-refractivity contribution in [1.29, 1.82) is 0 Å². The zero-order chi connectivity index (χ0) is 12.6. The number of sulfone groups is 1. The lowest BCUT2D eigenvalue weighted by Gasteiger charge is -1.97. The van der Waals surface area contributed by atoms with E-state index in [4.69, 9.17) is 5.84 Å². The molecule has 6 nitrogen and oxygen atoms in total. The minimum atomic E-state index is -3.13. The third-order valence-corrected chi connectivity index (χ3v) is 4.44. The van der Waals surface area contributed by atoms with Gasteiger partial charge in [-0.2, -0.15) is 0 Å². The second-order valence-electron chi connectivity index (χ2n) is 4.14. The number of hydrogen-bond acceptors (Lipinski definition) is 6. The molecule has 1 aromatic heterocycles. The molecule has 1 heterocycles. The minimum Gasteiger partial charge on any atom is -0.289 e. The molecule has 0 saturated heterocycles. The van der Waals surface area contributed by atoms with E-state index in [0.717, 1.165) is 30.4 Å². The number of aromatic nitrogens is 1. The van der Waals surface area contributed by atoms with E-state index in [-0.39, 0.29) is 11.7 Å². The summed E-state index contributed by atoms with van der Waals surface area (Å²) in [5.41, 5.74) is 2.75. The van der Waals surface area contributed by atoms with Crippen LogP contribution in [-0.4, -0.2) is 25.6 Å². The van der Waals surface area contributed by atoms with E-state index in [1.165, 1.54) is 0 Å². The first-order valence-corrected chi connectivity index (χ1v) is 7.96. The van der Waals surface area contributed by atoms with E-state index in [9.17, 15) is 13.2 Å². The summed E-state index contributed by atoms with van der Waals surface area (Å²) < 4.78 is 22.4. The fraction of sp³-hybridized carbons (Fsp3) is 0.556. The van der Waals surface area contributed by atoms with Crippen molar-refractivity contribution in [3.63, 3.8) is 0 Å². The minimum absolute atomic E-state index is 0.130. The predicted molar refractivity (Wildman–Crippen MR) is 64.3 cm³/mol. The van der Waals surface area contributed by atoms with E-state index in [1.807, 2.05) is 0 Å². The summed E-state index contributed by atoms with van der Waals surface area (Å²) in [4.78, 5) is 16.2. The standard InChI is InChI=1S/C9H13N3O3S2/c1-17(14,15)4-6-11-7(5-2-3-5)8(16-6)9(13)12-10/h5H,2-4,10H2,1H3,(H,12,13). The van der Waals surface area contributed by atoms with Gasteiger partial charge < -0.3 is 0 Å². The van der Waals surface area contributed by atoms with Gasteiger partial charge in [0.15, 0.2) is 9.84 Å². The molecule has 2 rings (SSSR count). The van der Waals surface area contributed by atoms with Crippen LogP contribution < -0.4 is 11.3 Å². The van der Waals surface area contributed by atoms with E-state index in [0.29, 0.717) is 15.6 Å². The Labute approximate surface area is 103 Å². The van der Waals surface area contributed by atoms with E-state index in [2.05, 4.69) is 10.4 Å². The quantitative estimate of drug-likeness (QED) is 0.463. The number of rotatable bonds is 4. The maximum absolute atomic E-state index is 11.5. The number of thiazole rings is 1. The number of nitrogens with two attached hydrogens (primary N) is 1. The molecule has 0 unspecified atom stereocenters. The fourth-order valence-electron chi connectivity index (χ4n) is 1.53. The molecule has 1 fully saturated rings. The Kier molecular flexibility index (Phi) is 3.19. The Bertz CT molecular complexity index is 546. The van der Waals surface area contributed by atoms with Crippen molar-refractivity contribution < 1.29 is 13.2 Å². The highest BCUT2D eigenvalue weighted by atomic mass is 32.2. The number of amides is 1. The van der Waals surface area contributed by atoms with Crippen LogP contribution in [0.4, 0.5) is 0 Å². The molecule has 0 spiro atoms.